The molecule has 0 aliphatic rings. The van der Waals surface area contributed by atoms with Crippen LogP contribution in [0, 0.1) is 0 Å². The molecule has 0 bridgehead atoms. The van der Waals surface area contributed by atoms with E-state index in [0.29, 0.717) is 22.4 Å². The van der Waals surface area contributed by atoms with Crippen molar-refractivity contribution in [3.63, 3.8) is 0 Å². The van der Waals surface area contributed by atoms with E-state index in [2.05, 4.69) is 15.9 Å². The van der Waals surface area contributed by atoms with Crippen LogP contribution in [0.25, 0.3) is 0 Å². The molecular formula is C10H10BrClF2O. The first kappa shape index (κ1) is 12.7. The lowest BCUT2D eigenvalue weighted by Gasteiger charge is -2.11. The zero-order chi connectivity index (χ0) is 11.4. The molecule has 1 atom stereocenters. The first-order chi connectivity index (χ1) is 7.06. The fourth-order valence-corrected chi connectivity index (χ4v) is 1.75. The van der Waals surface area contributed by atoms with Gasteiger partial charge in [0.15, 0.2) is 0 Å². The Bertz CT molecular complexity index is 333. The van der Waals surface area contributed by atoms with Gasteiger partial charge >= 0.3 is 0 Å². The van der Waals surface area contributed by atoms with Crippen LogP contribution in [-0.4, -0.2) is 13.0 Å². The Balaban J connectivity index is 2.90. The lowest BCUT2D eigenvalue weighted by Crippen LogP contribution is -2.02. The van der Waals surface area contributed by atoms with Crippen molar-refractivity contribution in [2.24, 2.45) is 0 Å². The van der Waals surface area contributed by atoms with E-state index < -0.39 is 11.8 Å². The number of alkyl halides is 3. The van der Waals surface area contributed by atoms with Crippen molar-refractivity contribution < 1.29 is 13.5 Å². The van der Waals surface area contributed by atoms with Crippen LogP contribution < -0.4 is 4.74 Å². The van der Waals surface area contributed by atoms with Gasteiger partial charge in [0.1, 0.15) is 11.1 Å². The van der Waals surface area contributed by atoms with Crippen molar-refractivity contribution in [3.8, 4) is 5.75 Å². The Morgan fingerprint density at radius 1 is 1.47 bits per heavy atom. The monoisotopic (exact) mass is 298 g/mol. The lowest BCUT2D eigenvalue weighted by molar-refractivity contribution is 0.143. The second kappa shape index (κ2) is 5.66. The zero-order valence-corrected chi connectivity index (χ0v) is 10.4. The van der Waals surface area contributed by atoms with Gasteiger partial charge in [-0.25, -0.2) is 8.78 Å². The highest BCUT2D eigenvalue weighted by atomic mass is 79.9. The summed E-state index contributed by atoms with van der Waals surface area (Å²) < 4.78 is 30.5. The van der Waals surface area contributed by atoms with Gasteiger partial charge in [0.25, 0.3) is 6.43 Å². The fourth-order valence-electron chi connectivity index (χ4n) is 1.11. The van der Waals surface area contributed by atoms with Crippen LogP contribution >= 0.6 is 27.5 Å². The maximum Gasteiger partial charge on any atom is 0.258 e. The van der Waals surface area contributed by atoms with Gasteiger partial charge < -0.3 is 4.74 Å². The molecule has 1 rings (SSSR count). The average molecular weight is 300 g/mol. The van der Waals surface area contributed by atoms with E-state index in [1.165, 1.54) is 0 Å². The second-order valence-corrected chi connectivity index (χ2v) is 4.18. The molecule has 0 radical (unpaired) electrons. The summed E-state index contributed by atoms with van der Waals surface area (Å²) in [7, 11) is 0. The molecule has 0 fully saturated rings. The number of benzene rings is 1. The van der Waals surface area contributed by atoms with Crippen LogP contribution in [0.4, 0.5) is 8.78 Å². The summed E-state index contributed by atoms with van der Waals surface area (Å²) in [5.74, 6) is 0.624. The smallest absolute Gasteiger partial charge is 0.258 e. The van der Waals surface area contributed by atoms with Crippen molar-refractivity contribution in [1.29, 1.82) is 0 Å². The summed E-state index contributed by atoms with van der Waals surface area (Å²) in [6.45, 7) is 2.38. The third-order valence-corrected chi connectivity index (χ3v) is 2.86. The van der Waals surface area contributed by atoms with E-state index in [-0.39, 0.29) is 0 Å². The quantitative estimate of drug-likeness (QED) is 0.749. The van der Waals surface area contributed by atoms with E-state index in [1.54, 1.807) is 18.2 Å². The average Bonchev–Trinajstić information content (AvgIpc) is 2.20. The predicted octanol–water partition coefficient (Wildman–Crippen LogP) is 4.39. The molecule has 84 valence electrons. The van der Waals surface area contributed by atoms with Gasteiger partial charge in [-0.1, -0.05) is 6.07 Å². The first-order valence-electron chi connectivity index (χ1n) is 4.40. The topological polar surface area (TPSA) is 9.23 Å². The molecule has 0 aliphatic carbocycles. The highest BCUT2D eigenvalue weighted by Crippen LogP contribution is 2.33. The standard InChI is InChI=1S/C10H10BrClF2O/c1-2-15-8-4-3-6(5-7(8)11)9(12)10(13)14/h3-5,9-10H,2H2,1H3. The molecule has 0 saturated carbocycles. The molecule has 0 amide bonds. The molecule has 0 aliphatic heterocycles. The second-order valence-electron chi connectivity index (χ2n) is 2.86. The van der Waals surface area contributed by atoms with Crippen LogP contribution in [0.15, 0.2) is 22.7 Å². The number of rotatable bonds is 4. The Kier molecular flexibility index (Phi) is 4.80. The molecule has 0 N–H and O–H groups in total. The highest BCUT2D eigenvalue weighted by molar-refractivity contribution is 9.10. The minimum Gasteiger partial charge on any atom is -0.493 e. The van der Waals surface area contributed by atoms with Gasteiger partial charge in [0.05, 0.1) is 11.1 Å². The van der Waals surface area contributed by atoms with Gasteiger partial charge in [-0.05, 0) is 40.5 Å². The largest absolute Gasteiger partial charge is 0.493 e. The minimum atomic E-state index is -2.57. The minimum absolute atomic E-state index is 0.377. The molecule has 0 heterocycles. The molecule has 15 heavy (non-hydrogen) atoms. The molecule has 5 heteroatoms. The number of hydrogen-bond acceptors (Lipinski definition) is 1. The Labute approximate surface area is 101 Å². The van der Waals surface area contributed by atoms with Crippen molar-refractivity contribution in [3.05, 3.63) is 28.2 Å². The first-order valence-corrected chi connectivity index (χ1v) is 5.63. The number of hydrogen-bond donors (Lipinski definition) is 0. The Hall–Kier alpha value is -0.350. The summed E-state index contributed by atoms with van der Waals surface area (Å²) in [5, 5.41) is -1.28. The molecule has 1 nitrogen and oxygen atoms in total. The van der Waals surface area contributed by atoms with Crippen LogP contribution in [0.1, 0.15) is 17.9 Å². The normalized spacial score (nSPS) is 12.9. The highest BCUT2D eigenvalue weighted by Gasteiger charge is 2.20. The van der Waals surface area contributed by atoms with Crippen molar-refractivity contribution in [2.75, 3.05) is 6.61 Å². The Morgan fingerprint density at radius 3 is 2.60 bits per heavy atom. The van der Waals surface area contributed by atoms with E-state index in [0.717, 1.165) is 0 Å². The van der Waals surface area contributed by atoms with Crippen LogP contribution in [0.2, 0.25) is 0 Å². The molecule has 0 aromatic heterocycles. The van der Waals surface area contributed by atoms with Crippen molar-refractivity contribution in [2.45, 2.75) is 18.7 Å². The van der Waals surface area contributed by atoms with Crippen LogP contribution in [0.3, 0.4) is 0 Å². The van der Waals surface area contributed by atoms with Crippen molar-refractivity contribution >= 4 is 27.5 Å². The fraction of sp³-hybridized carbons (Fsp3) is 0.400. The van der Waals surface area contributed by atoms with Gasteiger partial charge in [0.2, 0.25) is 0 Å². The lowest BCUT2D eigenvalue weighted by atomic mass is 10.1. The summed E-state index contributed by atoms with van der Waals surface area (Å²) in [4.78, 5) is 0. The maximum absolute atomic E-state index is 12.3. The van der Waals surface area contributed by atoms with E-state index >= 15 is 0 Å². The zero-order valence-electron chi connectivity index (χ0n) is 8.01. The van der Waals surface area contributed by atoms with Gasteiger partial charge in [-0.2, -0.15) is 0 Å². The third-order valence-electron chi connectivity index (χ3n) is 1.80. The number of halogens is 4. The van der Waals surface area contributed by atoms with Crippen LogP contribution in [-0.2, 0) is 0 Å². The van der Waals surface area contributed by atoms with Crippen LogP contribution in [0.5, 0.6) is 5.75 Å². The molecule has 1 aromatic rings. The predicted molar refractivity (Wildman–Crippen MR) is 59.9 cm³/mol. The maximum atomic E-state index is 12.3. The van der Waals surface area contributed by atoms with E-state index in [4.69, 9.17) is 16.3 Å². The summed E-state index contributed by atoms with van der Waals surface area (Å²) >= 11 is 8.77. The van der Waals surface area contributed by atoms with Gasteiger partial charge in [-0.15, -0.1) is 11.6 Å². The summed E-state index contributed by atoms with van der Waals surface area (Å²) in [6, 6.07) is 4.72. The molecule has 0 spiro atoms. The molecule has 1 unspecified atom stereocenters. The van der Waals surface area contributed by atoms with E-state index in [1.807, 2.05) is 6.92 Å². The number of ether oxygens (including phenoxy) is 1. The van der Waals surface area contributed by atoms with Gasteiger partial charge in [-0.3, -0.25) is 0 Å². The third kappa shape index (κ3) is 3.31. The summed E-state index contributed by atoms with van der Waals surface area (Å²) in [5.41, 5.74) is 0.377. The summed E-state index contributed by atoms with van der Waals surface area (Å²) in [6.07, 6.45) is -2.57. The van der Waals surface area contributed by atoms with Gasteiger partial charge in [0, 0.05) is 0 Å². The van der Waals surface area contributed by atoms with E-state index in [9.17, 15) is 8.78 Å². The molecule has 0 saturated heterocycles. The van der Waals surface area contributed by atoms with Crippen molar-refractivity contribution in [1.82, 2.24) is 0 Å². The Morgan fingerprint density at radius 2 is 2.13 bits per heavy atom. The molecule has 1 aromatic carbocycles. The SMILES string of the molecule is CCOc1ccc(C(Cl)C(F)F)cc1Br. The molecular weight excluding hydrogens is 289 g/mol.